The van der Waals surface area contributed by atoms with Crippen LogP contribution < -0.4 is 0 Å². The van der Waals surface area contributed by atoms with Crippen molar-refractivity contribution in [1.82, 2.24) is 0 Å². The van der Waals surface area contributed by atoms with Crippen molar-refractivity contribution in [2.75, 3.05) is 13.2 Å². The van der Waals surface area contributed by atoms with Crippen molar-refractivity contribution < 1.29 is 4.74 Å². The highest BCUT2D eigenvalue weighted by Crippen LogP contribution is 2.39. The smallest absolute Gasteiger partial charge is 0.0685 e. The molecule has 0 bridgehead atoms. The third-order valence-corrected chi connectivity index (χ3v) is 4.32. The Balaban J connectivity index is 2.25. The molecule has 0 unspecified atom stereocenters. The first-order valence-corrected chi connectivity index (χ1v) is 8.12. The maximum atomic E-state index is 5.96. The van der Waals surface area contributed by atoms with E-state index in [9.17, 15) is 0 Å². The molecule has 0 aliphatic carbocycles. The zero-order valence-corrected chi connectivity index (χ0v) is 13.5. The summed E-state index contributed by atoms with van der Waals surface area (Å²) in [6.45, 7) is 3.38. The summed E-state index contributed by atoms with van der Waals surface area (Å²) in [6, 6.07) is 31.9. The number of hydrogen-bond donors (Lipinski definition) is 0. The van der Waals surface area contributed by atoms with E-state index in [1.165, 1.54) is 16.7 Å². The van der Waals surface area contributed by atoms with Gasteiger partial charge >= 0.3 is 0 Å². The first-order valence-electron chi connectivity index (χ1n) is 8.12. The predicted octanol–water partition coefficient (Wildman–Crippen LogP) is 5.06. The lowest BCUT2D eigenvalue weighted by Gasteiger charge is -2.35. The zero-order chi connectivity index (χ0) is 16.0. The highest BCUT2D eigenvalue weighted by Gasteiger charge is 2.36. The first-order chi connectivity index (χ1) is 11.4. The quantitative estimate of drug-likeness (QED) is 0.578. The van der Waals surface area contributed by atoms with Crippen molar-refractivity contribution in [1.29, 1.82) is 0 Å². The third kappa shape index (κ3) is 3.06. The summed E-state index contributed by atoms with van der Waals surface area (Å²) in [4.78, 5) is 0. The van der Waals surface area contributed by atoms with Gasteiger partial charge in [-0.3, -0.25) is 0 Å². The minimum Gasteiger partial charge on any atom is -0.380 e. The van der Waals surface area contributed by atoms with Gasteiger partial charge in [0.05, 0.1) is 12.0 Å². The van der Waals surface area contributed by atoms with Crippen LogP contribution in [-0.2, 0) is 10.2 Å². The van der Waals surface area contributed by atoms with Gasteiger partial charge in [-0.15, -0.1) is 0 Å². The van der Waals surface area contributed by atoms with Crippen LogP contribution >= 0.6 is 0 Å². The molecule has 3 aromatic carbocycles. The number of hydrogen-bond acceptors (Lipinski definition) is 1. The molecule has 0 saturated carbocycles. The van der Waals surface area contributed by atoms with Crippen LogP contribution in [0, 0.1) is 0 Å². The van der Waals surface area contributed by atoms with Crippen LogP contribution in [0.2, 0.25) is 0 Å². The van der Waals surface area contributed by atoms with Crippen LogP contribution in [-0.4, -0.2) is 13.2 Å². The molecule has 1 heteroatoms. The molecule has 0 aromatic heterocycles. The topological polar surface area (TPSA) is 9.23 Å². The Hall–Kier alpha value is -2.38. The fourth-order valence-corrected chi connectivity index (χ4v) is 3.17. The van der Waals surface area contributed by atoms with E-state index in [4.69, 9.17) is 4.74 Å². The highest BCUT2D eigenvalue weighted by molar-refractivity contribution is 5.50. The van der Waals surface area contributed by atoms with Gasteiger partial charge in [-0.05, 0) is 23.6 Å². The van der Waals surface area contributed by atoms with Crippen LogP contribution in [0.1, 0.15) is 23.6 Å². The van der Waals surface area contributed by atoms with Gasteiger partial charge in [0.2, 0.25) is 0 Å². The highest BCUT2D eigenvalue weighted by atomic mass is 16.5. The average molecular weight is 302 g/mol. The number of rotatable bonds is 6. The summed E-state index contributed by atoms with van der Waals surface area (Å²) in [5, 5.41) is 0. The normalized spacial score (nSPS) is 11.3. The Kier molecular flexibility index (Phi) is 4.89. The molecule has 0 spiro atoms. The average Bonchev–Trinajstić information content (AvgIpc) is 2.65. The lowest BCUT2D eigenvalue weighted by molar-refractivity contribution is 0.119. The van der Waals surface area contributed by atoms with E-state index in [1.807, 2.05) is 6.92 Å². The van der Waals surface area contributed by atoms with E-state index in [1.54, 1.807) is 0 Å². The Morgan fingerprint density at radius 3 is 1.26 bits per heavy atom. The van der Waals surface area contributed by atoms with Gasteiger partial charge in [0, 0.05) is 6.61 Å². The maximum absolute atomic E-state index is 5.96. The standard InChI is InChI=1S/C22H22O/c1-2-23-18-22(19-12-6-3-7-13-19,20-14-8-4-9-15-20)21-16-10-5-11-17-21/h3-17H,2,18H2,1H3. The van der Waals surface area contributed by atoms with Crippen LogP contribution in [0.3, 0.4) is 0 Å². The van der Waals surface area contributed by atoms with E-state index in [2.05, 4.69) is 91.0 Å². The molecular weight excluding hydrogens is 280 g/mol. The molecule has 0 amide bonds. The van der Waals surface area contributed by atoms with Gasteiger partial charge in [-0.25, -0.2) is 0 Å². The maximum Gasteiger partial charge on any atom is 0.0685 e. The summed E-state index contributed by atoms with van der Waals surface area (Å²) < 4.78 is 5.96. The van der Waals surface area contributed by atoms with E-state index in [-0.39, 0.29) is 5.41 Å². The molecule has 1 nitrogen and oxygen atoms in total. The molecule has 0 aliphatic heterocycles. The minimum absolute atomic E-state index is 0.292. The first kappa shape index (κ1) is 15.5. The molecule has 0 saturated heterocycles. The minimum atomic E-state index is -0.292. The summed E-state index contributed by atoms with van der Waals surface area (Å²) in [5.74, 6) is 0. The molecule has 0 radical (unpaired) electrons. The van der Waals surface area contributed by atoms with Crippen LogP contribution in [0.15, 0.2) is 91.0 Å². The Bertz CT molecular complexity index is 608. The largest absolute Gasteiger partial charge is 0.380 e. The Morgan fingerprint density at radius 1 is 0.609 bits per heavy atom. The molecule has 0 heterocycles. The van der Waals surface area contributed by atoms with Crippen molar-refractivity contribution in [3.8, 4) is 0 Å². The molecule has 0 atom stereocenters. The molecular formula is C22H22O. The van der Waals surface area contributed by atoms with Crippen molar-refractivity contribution in [3.05, 3.63) is 108 Å². The zero-order valence-electron chi connectivity index (χ0n) is 13.5. The van der Waals surface area contributed by atoms with Crippen LogP contribution in [0.4, 0.5) is 0 Å². The second-order valence-corrected chi connectivity index (χ2v) is 5.64. The predicted molar refractivity (Wildman–Crippen MR) is 95.7 cm³/mol. The lowest BCUT2D eigenvalue weighted by atomic mass is 9.70. The Labute approximate surface area is 138 Å². The van der Waals surface area contributed by atoms with Gasteiger partial charge in [0.15, 0.2) is 0 Å². The van der Waals surface area contributed by atoms with Gasteiger partial charge < -0.3 is 4.74 Å². The molecule has 23 heavy (non-hydrogen) atoms. The van der Waals surface area contributed by atoms with Gasteiger partial charge in [-0.1, -0.05) is 91.0 Å². The molecule has 0 fully saturated rings. The van der Waals surface area contributed by atoms with Gasteiger partial charge in [-0.2, -0.15) is 0 Å². The van der Waals surface area contributed by atoms with E-state index in [0.29, 0.717) is 13.2 Å². The van der Waals surface area contributed by atoms with Gasteiger partial charge in [0.1, 0.15) is 0 Å². The third-order valence-electron chi connectivity index (χ3n) is 4.32. The lowest BCUT2D eigenvalue weighted by Crippen LogP contribution is -2.34. The van der Waals surface area contributed by atoms with Gasteiger partial charge in [0.25, 0.3) is 0 Å². The van der Waals surface area contributed by atoms with Crippen LogP contribution in [0.5, 0.6) is 0 Å². The van der Waals surface area contributed by atoms with Crippen LogP contribution in [0.25, 0.3) is 0 Å². The second-order valence-electron chi connectivity index (χ2n) is 5.64. The van der Waals surface area contributed by atoms with Crippen molar-refractivity contribution in [3.63, 3.8) is 0 Å². The molecule has 3 aromatic rings. The molecule has 0 aliphatic rings. The van der Waals surface area contributed by atoms with E-state index in [0.717, 1.165) is 0 Å². The van der Waals surface area contributed by atoms with E-state index < -0.39 is 0 Å². The summed E-state index contributed by atoms with van der Waals surface area (Å²) >= 11 is 0. The van der Waals surface area contributed by atoms with E-state index >= 15 is 0 Å². The molecule has 0 N–H and O–H groups in total. The van der Waals surface area contributed by atoms with Crippen molar-refractivity contribution >= 4 is 0 Å². The molecule has 3 rings (SSSR count). The second kappa shape index (κ2) is 7.26. The fourth-order valence-electron chi connectivity index (χ4n) is 3.17. The summed E-state index contributed by atoms with van der Waals surface area (Å²) in [5.41, 5.74) is 3.47. The number of benzene rings is 3. The summed E-state index contributed by atoms with van der Waals surface area (Å²) in [6.07, 6.45) is 0. The van der Waals surface area contributed by atoms with Crippen molar-refractivity contribution in [2.24, 2.45) is 0 Å². The SMILES string of the molecule is CCOCC(c1ccccc1)(c1ccccc1)c1ccccc1. The monoisotopic (exact) mass is 302 g/mol. The van der Waals surface area contributed by atoms with Crippen molar-refractivity contribution in [2.45, 2.75) is 12.3 Å². The Morgan fingerprint density at radius 2 is 0.957 bits per heavy atom. The fraction of sp³-hybridized carbons (Fsp3) is 0.182. The number of ether oxygens (including phenoxy) is 1. The molecule has 116 valence electrons. The summed E-state index contributed by atoms with van der Waals surface area (Å²) in [7, 11) is 0.